The van der Waals surface area contributed by atoms with Crippen molar-refractivity contribution in [2.75, 3.05) is 39.3 Å². The van der Waals surface area contributed by atoms with Crippen LogP contribution in [0.25, 0.3) is 0 Å². The van der Waals surface area contributed by atoms with E-state index in [1.807, 2.05) is 0 Å². The Bertz CT molecular complexity index is 54.5. The molecule has 0 radical (unpaired) electrons. The quantitative estimate of drug-likeness (QED) is 0.297. The summed E-state index contributed by atoms with van der Waals surface area (Å²) in [6, 6.07) is 0. The molecule has 0 aromatic heterocycles. The van der Waals surface area contributed by atoms with Gasteiger partial charge in [-0.25, -0.2) is 0 Å². The maximum Gasteiger partial charge on any atom is 0.00772 e. The third kappa shape index (κ3) is 13.2. The fraction of sp³-hybridized carbons (Fsp3) is 1.00. The molecule has 0 amide bonds. The van der Waals surface area contributed by atoms with Crippen molar-refractivity contribution < 1.29 is 12.4 Å². The van der Waals surface area contributed by atoms with Crippen LogP contribution in [-0.4, -0.2) is 39.3 Å². The molecule has 0 bridgehead atoms. The standard InChI is InChI=1S/C6H18N4.ClH/c7-1-3-9-5-6-10-4-2-8;/h9-10H,1-8H2;1H/p-1. The largest absolute Gasteiger partial charge is 1.00 e. The van der Waals surface area contributed by atoms with Gasteiger partial charge in [-0.15, -0.1) is 0 Å². The molecule has 0 atom stereocenters. The van der Waals surface area contributed by atoms with Crippen LogP contribution in [0.2, 0.25) is 0 Å². The van der Waals surface area contributed by atoms with Crippen molar-refractivity contribution in [2.45, 2.75) is 0 Å². The van der Waals surface area contributed by atoms with Gasteiger partial charge in [-0.1, -0.05) is 0 Å². The highest BCUT2D eigenvalue weighted by Gasteiger charge is 1.83. The van der Waals surface area contributed by atoms with E-state index in [2.05, 4.69) is 10.6 Å². The summed E-state index contributed by atoms with van der Waals surface area (Å²) in [6.45, 7) is 5.14. The highest BCUT2D eigenvalue weighted by atomic mass is 35.5. The van der Waals surface area contributed by atoms with E-state index < -0.39 is 0 Å². The molecule has 0 saturated carbocycles. The summed E-state index contributed by atoms with van der Waals surface area (Å²) in [4.78, 5) is 0. The second kappa shape index (κ2) is 12.8. The van der Waals surface area contributed by atoms with Gasteiger partial charge in [0, 0.05) is 39.3 Å². The number of halogens is 1. The van der Waals surface area contributed by atoms with Gasteiger partial charge in [-0.2, -0.15) is 0 Å². The van der Waals surface area contributed by atoms with Gasteiger partial charge in [0.25, 0.3) is 0 Å². The zero-order valence-electron chi connectivity index (χ0n) is 6.78. The first-order valence-corrected chi connectivity index (χ1v) is 3.73. The number of hydrogen-bond donors (Lipinski definition) is 4. The Hall–Kier alpha value is 0.130. The van der Waals surface area contributed by atoms with E-state index in [0.29, 0.717) is 13.1 Å². The van der Waals surface area contributed by atoms with Gasteiger partial charge in [0.15, 0.2) is 0 Å². The third-order valence-corrected chi connectivity index (χ3v) is 1.12. The minimum atomic E-state index is 0. The van der Waals surface area contributed by atoms with Crippen molar-refractivity contribution in [3.8, 4) is 0 Å². The third-order valence-electron chi connectivity index (χ3n) is 1.12. The molecule has 0 aromatic rings. The van der Waals surface area contributed by atoms with Gasteiger partial charge in [-0.05, 0) is 0 Å². The first kappa shape index (κ1) is 13.7. The average molecular weight is 182 g/mol. The SMILES string of the molecule is NCCNCCNCCN.[Cl-]. The lowest BCUT2D eigenvalue weighted by Crippen LogP contribution is -3.00. The Morgan fingerprint density at radius 2 is 1.09 bits per heavy atom. The van der Waals surface area contributed by atoms with Crippen molar-refractivity contribution >= 4 is 0 Å². The molecule has 0 saturated heterocycles. The van der Waals surface area contributed by atoms with E-state index in [0.717, 1.165) is 26.2 Å². The second-order valence-electron chi connectivity index (χ2n) is 2.08. The second-order valence-corrected chi connectivity index (χ2v) is 2.08. The lowest BCUT2D eigenvalue weighted by molar-refractivity contribution is -0.00000240. The van der Waals surface area contributed by atoms with Crippen LogP contribution in [0.3, 0.4) is 0 Å². The van der Waals surface area contributed by atoms with Gasteiger partial charge in [0.05, 0.1) is 0 Å². The minimum Gasteiger partial charge on any atom is -1.00 e. The molecule has 0 aliphatic carbocycles. The molecule has 0 rings (SSSR count). The maximum atomic E-state index is 5.27. The fourth-order valence-corrected chi connectivity index (χ4v) is 0.631. The molecule has 0 aromatic carbocycles. The van der Waals surface area contributed by atoms with Gasteiger partial charge < -0.3 is 34.5 Å². The monoisotopic (exact) mass is 181 g/mol. The highest BCUT2D eigenvalue weighted by molar-refractivity contribution is 4.51. The molecule has 4 nitrogen and oxygen atoms in total. The van der Waals surface area contributed by atoms with Crippen molar-refractivity contribution in [3.05, 3.63) is 0 Å². The van der Waals surface area contributed by atoms with E-state index in [-0.39, 0.29) is 12.4 Å². The summed E-state index contributed by atoms with van der Waals surface area (Å²) in [7, 11) is 0. The van der Waals surface area contributed by atoms with Crippen LogP contribution < -0.4 is 34.5 Å². The first-order chi connectivity index (χ1) is 4.91. The van der Waals surface area contributed by atoms with Crippen molar-refractivity contribution in [1.29, 1.82) is 0 Å². The Morgan fingerprint density at radius 3 is 1.36 bits per heavy atom. The molecule has 70 valence electrons. The molecule has 0 spiro atoms. The van der Waals surface area contributed by atoms with E-state index in [1.54, 1.807) is 0 Å². The molecular weight excluding hydrogens is 164 g/mol. The van der Waals surface area contributed by atoms with Crippen LogP contribution >= 0.6 is 0 Å². The van der Waals surface area contributed by atoms with Crippen molar-refractivity contribution in [3.63, 3.8) is 0 Å². The highest BCUT2D eigenvalue weighted by Crippen LogP contribution is 1.57. The molecular formula is C6H18ClN4-. The van der Waals surface area contributed by atoms with Gasteiger partial charge >= 0.3 is 0 Å². The summed E-state index contributed by atoms with van der Waals surface area (Å²) in [6.07, 6.45) is 0. The number of rotatable bonds is 7. The Morgan fingerprint density at radius 1 is 0.727 bits per heavy atom. The van der Waals surface area contributed by atoms with Crippen LogP contribution in [-0.2, 0) is 0 Å². The molecule has 0 aliphatic heterocycles. The Balaban J connectivity index is 0. The molecule has 11 heavy (non-hydrogen) atoms. The molecule has 0 fully saturated rings. The lowest BCUT2D eigenvalue weighted by atomic mass is 10.5. The topological polar surface area (TPSA) is 76.1 Å². The van der Waals surface area contributed by atoms with E-state index in [1.165, 1.54) is 0 Å². The lowest BCUT2D eigenvalue weighted by Gasteiger charge is -2.03. The number of hydrogen-bond acceptors (Lipinski definition) is 4. The summed E-state index contributed by atoms with van der Waals surface area (Å²) < 4.78 is 0. The van der Waals surface area contributed by atoms with Crippen LogP contribution in [0.1, 0.15) is 0 Å². The summed E-state index contributed by atoms with van der Waals surface area (Å²) >= 11 is 0. The maximum absolute atomic E-state index is 5.27. The molecule has 0 aliphatic rings. The Kier molecular flexibility index (Phi) is 15.9. The smallest absolute Gasteiger partial charge is 0.00772 e. The average Bonchev–Trinajstić information content (AvgIpc) is 1.97. The summed E-state index contributed by atoms with van der Waals surface area (Å²) in [5, 5.41) is 6.33. The van der Waals surface area contributed by atoms with E-state index >= 15 is 0 Å². The molecule has 6 N–H and O–H groups in total. The predicted octanol–water partition coefficient (Wildman–Crippen LogP) is -4.91. The van der Waals surface area contributed by atoms with Crippen LogP contribution in [0, 0.1) is 0 Å². The van der Waals surface area contributed by atoms with Crippen molar-refractivity contribution in [1.82, 2.24) is 10.6 Å². The molecule has 5 heteroatoms. The summed E-state index contributed by atoms with van der Waals surface area (Å²) in [5.41, 5.74) is 10.5. The van der Waals surface area contributed by atoms with E-state index in [9.17, 15) is 0 Å². The van der Waals surface area contributed by atoms with Crippen LogP contribution in [0.15, 0.2) is 0 Å². The van der Waals surface area contributed by atoms with Crippen LogP contribution in [0.4, 0.5) is 0 Å². The fourth-order valence-electron chi connectivity index (χ4n) is 0.631. The first-order valence-electron chi connectivity index (χ1n) is 3.73. The molecule has 0 heterocycles. The number of nitrogens with two attached hydrogens (primary N) is 2. The van der Waals surface area contributed by atoms with Gasteiger partial charge in [-0.3, -0.25) is 0 Å². The van der Waals surface area contributed by atoms with Gasteiger partial charge in [0.2, 0.25) is 0 Å². The van der Waals surface area contributed by atoms with Crippen LogP contribution in [0.5, 0.6) is 0 Å². The summed E-state index contributed by atoms with van der Waals surface area (Å²) in [5.74, 6) is 0. The minimum absolute atomic E-state index is 0. The van der Waals surface area contributed by atoms with Gasteiger partial charge in [0.1, 0.15) is 0 Å². The Labute approximate surface area is 74.5 Å². The zero-order valence-corrected chi connectivity index (χ0v) is 7.53. The molecule has 0 unspecified atom stereocenters. The normalized spacial score (nSPS) is 9.27. The van der Waals surface area contributed by atoms with Crippen molar-refractivity contribution in [2.24, 2.45) is 11.5 Å². The van der Waals surface area contributed by atoms with E-state index in [4.69, 9.17) is 11.5 Å². The zero-order chi connectivity index (χ0) is 7.66. The number of nitrogens with one attached hydrogen (secondary N) is 2. The predicted molar refractivity (Wildman–Crippen MR) is 43.8 cm³/mol.